The first-order valence-corrected chi connectivity index (χ1v) is 5.09. The number of hydrogen-bond donors (Lipinski definition) is 2. The largest absolute Gasteiger partial charge is 0.319 e. The second-order valence-corrected chi connectivity index (χ2v) is 3.42. The van der Waals surface area contributed by atoms with Crippen LogP contribution in [0.3, 0.4) is 0 Å². The van der Waals surface area contributed by atoms with Crippen LogP contribution in [0.1, 0.15) is 29.9 Å². The number of nitrogens with one attached hydrogen (secondary N) is 2. The molecular formula is C10H17N3O2. The van der Waals surface area contributed by atoms with E-state index in [1.807, 2.05) is 14.0 Å². The van der Waals surface area contributed by atoms with Gasteiger partial charge in [0.1, 0.15) is 5.69 Å². The van der Waals surface area contributed by atoms with E-state index in [0.717, 1.165) is 0 Å². The number of aryl methyl sites for hydroxylation is 1. The molecule has 0 aliphatic carbocycles. The van der Waals surface area contributed by atoms with E-state index in [1.165, 1.54) is 11.6 Å². The van der Waals surface area contributed by atoms with E-state index in [9.17, 15) is 9.59 Å². The highest BCUT2D eigenvalue weighted by Gasteiger charge is 2.15. The van der Waals surface area contributed by atoms with Crippen molar-refractivity contribution >= 4 is 5.78 Å². The maximum atomic E-state index is 11.8. The summed E-state index contributed by atoms with van der Waals surface area (Å²) in [5.74, 6) is -0.0922. The van der Waals surface area contributed by atoms with Crippen LogP contribution in [0, 0.1) is 0 Å². The number of Topliss-reactive ketones (excluding diaryl/α,β-unsaturated/α-hetero) is 1. The molecule has 84 valence electrons. The Morgan fingerprint density at radius 2 is 2.20 bits per heavy atom. The van der Waals surface area contributed by atoms with Gasteiger partial charge >= 0.3 is 0 Å². The number of ketones is 1. The molecule has 1 heterocycles. The minimum atomic E-state index is -0.0922. The van der Waals surface area contributed by atoms with Crippen LogP contribution in [-0.2, 0) is 13.0 Å². The summed E-state index contributed by atoms with van der Waals surface area (Å²) in [5, 5.41) is 5.80. The van der Waals surface area contributed by atoms with Gasteiger partial charge in [-0.25, -0.2) is 0 Å². The molecule has 0 fully saturated rings. The topological polar surface area (TPSA) is 66.9 Å². The Morgan fingerprint density at radius 1 is 1.53 bits per heavy atom. The minimum Gasteiger partial charge on any atom is -0.319 e. The number of H-pyrrole nitrogens is 1. The zero-order valence-corrected chi connectivity index (χ0v) is 9.39. The molecule has 5 nitrogen and oxygen atoms in total. The molecule has 0 bridgehead atoms. The van der Waals surface area contributed by atoms with E-state index in [4.69, 9.17) is 0 Å². The lowest BCUT2D eigenvalue weighted by atomic mass is 10.1. The number of aromatic nitrogens is 2. The summed E-state index contributed by atoms with van der Waals surface area (Å²) in [6.07, 6.45) is 0.577. The summed E-state index contributed by atoms with van der Waals surface area (Å²) >= 11 is 0. The van der Waals surface area contributed by atoms with Crippen LogP contribution >= 0.6 is 0 Å². The monoisotopic (exact) mass is 211 g/mol. The Labute approximate surface area is 88.5 Å². The Balaban J connectivity index is 3.14. The van der Waals surface area contributed by atoms with Crippen molar-refractivity contribution in [2.75, 3.05) is 13.6 Å². The van der Waals surface area contributed by atoms with Gasteiger partial charge in [-0.05, 0) is 26.9 Å². The third-order valence-electron chi connectivity index (χ3n) is 2.35. The van der Waals surface area contributed by atoms with E-state index in [0.29, 0.717) is 30.8 Å². The molecule has 1 rings (SSSR count). The fraction of sp³-hybridized carbons (Fsp3) is 0.600. The first-order chi connectivity index (χ1) is 7.11. The summed E-state index contributed by atoms with van der Waals surface area (Å²) < 4.78 is 1.46. The number of aromatic amines is 1. The molecule has 0 saturated carbocycles. The predicted molar refractivity (Wildman–Crippen MR) is 58.4 cm³/mol. The van der Waals surface area contributed by atoms with Crippen molar-refractivity contribution in [2.24, 2.45) is 0 Å². The molecule has 0 radical (unpaired) electrons. The van der Waals surface area contributed by atoms with Gasteiger partial charge in [0, 0.05) is 19.0 Å². The van der Waals surface area contributed by atoms with E-state index < -0.39 is 0 Å². The molecule has 0 spiro atoms. The zero-order valence-electron chi connectivity index (χ0n) is 9.39. The SMILES string of the molecule is CCn1[nH]c(C(C)=O)c(CCNC)c1=O. The Kier molecular flexibility index (Phi) is 3.85. The van der Waals surface area contributed by atoms with Crippen molar-refractivity contribution < 1.29 is 4.79 Å². The number of likely N-dealkylation sites (N-methyl/N-ethyl adjacent to an activating group) is 1. The molecule has 0 aromatic carbocycles. The van der Waals surface area contributed by atoms with Crippen molar-refractivity contribution in [3.63, 3.8) is 0 Å². The molecule has 15 heavy (non-hydrogen) atoms. The van der Waals surface area contributed by atoms with Gasteiger partial charge in [-0.1, -0.05) is 0 Å². The quantitative estimate of drug-likeness (QED) is 0.682. The fourth-order valence-electron chi connectivity index (χ4n) is 1.52. The fourth-order valence-corrected chi connectivity index (χ4v) is 1.52. The van der Waals surface area contributed by atoms with Crippen LogP contribution in [0.15, 0.2) is 4.79 Å². The molecule has 0 aliphatic heterocycles. The van der Waals surface area contributed by atoms with Crippen LogP contribution in [0.25, 0.3) is 0 Å². The van der Waals surface area contributed by atoms with E-state index >= 15 is 0 Å². The highest BCUT2D eigenvalue weighted by molar-refractivity contribution is 5.93. The number of carbonyl (C=O) groups is 1. The van der Waals surface area contributed by atoms with Crippen molar-refractivity contribution in [1.82, 2.24) is 15.1 Å². The lowest BCUT2D eigenvalue weighted by Crippen LogP contribution is -2.21. The van der Waals surface area contributed by atoms with Crippen LogP contribution in [0.4, 0.5) is 0 Å². The van der Waals surface area contributed by atoms with Crippen LogP contribution in [0.5, 0.6) is 0 Å². The van der Waals surface area contributed by atoms with Crippen LogP contribution < -0.4 is 10.9 Å². The second-order valence-electron chi connectivity index (χ2n) is 3.42. The number of nitrogens with zero attached hydrogens (tertiary/aromatic N) is 1. The summed E-state index contributed by atoms with van der Waals surface area (Å²) in [7, 11) is 1.82. The highest BCUT2D eigenvalue weighted by atomic mass is 16.1. The van der Waals surface area contributed by atoms with Crippen molar-refractivity contribution in [1.29, 1.82) is 0 Å². The molecule has 1 aromatic heterocycles. The summed E-state index contributed by atoms with van der Waals surface area (Å²) in [4.78, 5) is 23.1. The third-order valence-corrected chi connectivity index (χ3v) is 2.35. The standard InChI is InChI=1S/C10H17N3O2/c1-4-13-10(15)8(5-6-11-3)9(12-13)7(2)14/h11-12H,4-6H2,1-3H3. The summed E-state index contributed by atoms with van der Waals surface area (Å²) in [6, 6.07) is 0. The highest BCUT2D eigenvalue weighted by Crippen LogP contribution is 2.03. The number of hydrogen-bond acceptors (Lipinski definition) is 3. The van der Waals surface area contributed by atoms with Crippen molar-refractivity contribution in [3.8, 4) is 0 Å². The Hall–Kier alpha value is -1.36. The average Bonchev–Trinajstić information content (AvgIpc) is 2.52. The Morgan fingerprint density at radius 3 is 2.67 bits per heavy atom. The molecule has 1 aromatic rings. The molecule has 0 saturated heterocycles. The van der Waals surface area contributed by atoms with Crippen molar-refractivity contribution in [3.05, 3.63) is 21.6 Å². The van der Waals surface area contributed by atoms with Gasteiger partial charge in [0.25, 0.3) is 5.56 Å². The second kappa shape index (κ2) is 4.93. The summed E-state index contributed by atoms with van der Waals surface area (Å²) in [6.45, 7) is 4.58. The van der Waals surface area contributed by atoms with Gasteiger partial charge in [0.05, 0.1) is 0 Å². The molecule has 0 amide bonds. The van der Waals surface area contributed by atoms with E-state index in [-0.39, 0.29) is 11.3 Å². The maximum absolute atomic E-state index is 11.8. The molecule has 0 aliphatic rings. The van der Waals surface area contributed by atoms with Gasteiger partial charge in [0.2, 0.25) is 0 Å². The number of carbonyl (C=O) groups excluding carboxylic acids is 1. The smallest absolute Gasteiger partial charge is 0.270 e. The van der Waals surface area contributed by atoms with Gasteiger partial charge < -0.3 is 5.32 Å². The number of rotatable bonds is 5. The molecular weight excluding hydrogens is 194 g/mol. The lowest BCUT2D eigenvalue weighted by molar-refractivity contribution is 0.101. The van der Waals surface area contributed by atoms with Crippen LogP contribution in [0.2, 0.25) is 0 Å². The lowest BCUT2D eigenvalue weighted by Gasteiger charge is -1.97. The molecule has 2 N–H and O–H groups in total. The van der Waals surface area contributed by atoms with E-state index in [2.05, 4.69) is 10.4 Å². The zero-order chi connectivity index (χ0) is 11.4. The van der Waals surface area contributed by atoms with Gasteiger partial charge in [-0.15, -0.1) is 0 Å². The first-order valence-electron chi connectivity index (χ1n) is 5.09. The van der Waals surface area contributed by atoms with Gasteiger partial charge in [-0.2, -0.15) is 0 Å². The third kappa shape index (κ3) is 2.36. The molecule has 0 atom stereocenters. The predicted octanol–water partition coefficient (Wildman–Crippen LogP) is 0.161. The van der Waals surface area contributed by atoms with Gasteiger partial charge in [-0.3, -0.25) is 19.4 Å². The van der Waals surface area contributed by atoms with Gasteiger partial charge in [0.15, 0.2) is 5.78 Å². The van der Waals surface area contributed by atoms with Crippen molar-refractivity contribution in [2.45, 2.75) is 26.8 Å². The minimum absolute atomic E-state index is 0.0852. The van der Waals surface area contributed by atoms with E-state index in [1.54, 1.807) is 0 Å². The first kappa shape index (κ1) is 11.7. The summed E-state index contributed by atoms with van der Waals surface area (Å²) in [5.41, 5.74) is 0.939. The molecule has 5 heteroatoms. The molecule has 0 unspecified atom stereocenters. The maximum Gasteiger partial charge on any atom is 0.270 e. The Bertz CT molecular complexity index is 403. The van der Waals surface area contributed by atoms with Crippen LogP contribution in [-0.4, -0.2) is 29.2 Å². The normalized spacial score (nSPS) is 10.6. The average molecular weight is 211 g/mol.